The molecule has 1 atom stereocenters. The van der Waals surface area contributed by atoms with E-state index in [2.05, 4.69) is 6.92 Å². The number of carbonyl (C=O) groups excluding carboxylic acids is 1. The van der Waals surface area contributed by atoms with Gasteiger partial charge in [-0.15, -0.1) is 0 Å². The molecule has 1 aliphatic rings. The zero-order chi connectivity index (χ0) is 17.9. The number of para-hydroxylation sites is 1. The molecule has 0 N–H and O–H groups in total. The van der Waals surface area contributed by atoms with E-state index in [1.807, 2.05) is 0 Å². The minimum atomic E-state index is -3.80. The summed E-state index contributed by atoms with van der Waals surface area (Å²) in [6, 6.07) is 4.73. The van der Waals surface area contributed by atoms with E-state index < -0.39 is 21.9 Å². The SMILES string of the molecule is CC[C@H](C(=O)N1CCC(C)CC1)N(c1ccccc1F)S(C)(=O)=O. The Kier molecular flexibility index (Phi) is 5.85. The van der Waals surface area contributed by atoms with Gasteiger partial charge in [-0.05, 0) is 37.3 Å². The molecule has 0 radical (unpaired) electrons. The normalized spacial score (nSPS) is 17.6. The average molecular weight is 356 g/mol. The Morgan fingerprint density at radius 3 is 2.42 bits per heavy atom. The van der Waals surface area contributed by atoms with Crippen LogP contribution in [0.25, 0.3) is 0 Å². The number of benzene rings is 1. The fraction of sp³-hybridized carbons (Fsp3) is 0.588. The van der Waals surface area contributed by atoms with Gasteiger partial charge in [0.2, 0.25) is 15.9 Å². The van der Waals surface area contributed by atoms with Gasteiger partial charge in [0.1, 0.15) is 11.9 Å². The predicted octanol–water partition coefficient (Wildman–Crippen LogP) is 2.63. The monoisotopic (exact) mass is 356 g/mol. The number of halogens is 1. The number of likely N-dealkylation sites (tertiary alicyclic amines) is 1. The highest BCUT2D eigenvalue weighted by Crippen LogP contribution is 2.27. The van der Waals surface area contributed by atoms with Crippen LogP contribution in [0.3, 0.4) is 0 Å². The Balaban J connectivity index is 2.36. The van der Waals surface area contributed by atoms with Crippen LogP contribution < -0.4 is 4.31 Å². The maximum absolute atomic E-state index is 14.2. The molecule has 7 heteroatoms. The highest BCUT2D eigenvalue weighted by molar-refractivity contribution is 7.92. The van der Waals surface area contributed by atoms with Gasteiger partial charge in [-0.25, -0.2) is 12.8 Å². The van der Waals surface area contributed by atoms with Gasteiger partial charge >= 0.3 is 0 Å². The number of hydrogen-bond acceptors (Lipinski definition) is 3. The minimum Gasteiger partial charge on any atom is -0.341 e. The summed E-state index contributed by atoms with van der Waals surface area (Å²) >= 11 is 0. The molecule has 0 bridgehead atoms. The van der Waals surface area contributed by atoms with E-state index in [1.165, 1.54) is 18.2 Å². The van der Waals surface area contributed by atoms with Crippen LogP contribution in [0.1, 0.15) is 33.1 Å². The molecular weight excluding hydrogens is 331 g/mol. The molecule has 1 aromatic carbocycles. The van der Waals surface area contributed by atoms with E-state index in [1.54, 1.807) is 17.9 Å². The highest BCUT2D eigenvalue weighted by Gasteiger charge is 2.36. The van der Waals surface area contributed by atoms with Gasteiger partial charge in [-0.2, -0.15) is 0 Å². The summed E-state index contributed by atoms with van der Waals surface area (Å²) < 4.78 is 39.8. The Labute approximate surface area is 143 Å². The van der Waals surface area contributed by atoms with Crippen LogP contribution in [-0.4, -0.2) is 44.6 Å². The summed E-state index contributed by atoms with van der Waals surface area (Å²) in [7, 11) is -3.80. The molecule has 0 aliphatic carbocycles. The van der Waals surface area contributed by atoms with Crippen molar-refractivity contribution in [2.45, 2.75) is 39.2 Å². The van der Waals surface area contributed by atoms with Crippen LogP contribution in [0.4, 0.5) is 10.1 Å². The van der Waals surface area contributed by atoms with E-state index in [-0.39, 0.29) is 18.0 Å². The van der Waals surface area contributed by atoms with Crippen molar-refractivity contribution in [2.24, 2.45) is 5.92 Å². The van der Waals surface area contributed by atoms with Crippen molar-refractivity contribution in [1.29, 1.82) is 0 Å². The number of piperidine rings is 1. The second-order valence-electron chi connectivity index (χ2n) is 6.44. The van der Waals surface area contributed by atoms with Crippen molar-refractivity contribution < 1.29 is 17.6 Å². The Bertz CT molecular complexity index is 685. The van der Waals surface area contributed by atoms with Gasteiger partial charge in [0.05, 0.1) is 11.9 Å². The second kappa shape index (κ2) is 7.51. The van der Waals surface area contributed by atoms with Crippen LogP contribution in [0.2, 0.25) is 0 Å². The van der Waals surface area contributed by atoms with E-state index >= 15 is 0 Å². The first-order chi connectivity index (χ1) is 11.3. The molecule has 1 heterocycles. The third-order valence-electron chi connectivity index (χ3n) is 4.50. The summed E-state index contributed by atoms with van der Waals surface area (Å²) in [5, 5.41) is 0. The summed E-state index contributed by atoms with van der Waals surface area (Å²) in [5.41, 5.74) is -0.0782. The average Bonchev–Trinajstić information content (AvgIpc) is 2.52. The van der Waals surface area contributed by atoms with Crippen LogP contribution in [0.5, 0.6) is 0 Å². The lowest BCUT2D eigenvalue weighted by Crippen LogP contribution is -2.52. The zero-order valence-corrected chi connectivity index (χ0v) is 15.2. The molecule has 24 heavy (non-hydrogen) atoms. The maximum Gasteiger partial charge on any atom is 0.246 e. The van der Waals surface area contributed by atoms with Gasteiger partial charge < -0.3 is 4.90 Å². The summed E-state index contributed by atoms with van der Waals surface area (Å²) in [6.07, 6.45) is 3.10. The van der Waals surface area contributed by atoms with Gasteiger partial charge in [0.15, 0.2) is 0 Å². The Morgan fingerprint density at radius 1 is 1.33 bits per heavy atom. The van der Waals surface area contributed by atoms with Crippen LogP contribution in [0.15, 0.2) is 24.3 Å². The van der Waals surface area contributed by atoms with E-state index in [0.717, 1.165) is 23.4 Å². The predicted molar refractivity (Wildman–Crippen MR) is 92.8 cm³/mol. The largest absolute Gasteiger partial charge is 0.341 e. The number of amides is 1. The number of nitrogens with zero attached hydrogens (tertiary/aromatic N) is 2. The number of carbonyl (C=O) groups is 1. The van der Waals surface area contributed by atoms with Crippen molar-refractivity contribution >= 4 is 21.6 Å². The zero-order valence-electron chi connectivity index (χ0n) is 14.4. The molecule has 1 saturated heterocycles. The van der Waals surface area contributed by atoms with Crippen molar-refractivity contribution in [3.63, 3.8) is 0 Å². The third-order valence-corrected chi connectivity index (χ3v) is 5.66. The fourth-order valence-electron chi connectivity index (χ4n) is 3.09. The topological polar surface area (TPSA) is 57.7 Å². The standard InChI is InChI=1S/C17H25FN2O3S/c1-4-15(17(21)19-11-9-13(2)10-12-19)20(24(3,22)23)16-8-6-5-7-14(16)18/h5-8,13,15H,4,9-12H2,1-3H3/t15-/m1/s1. The summed E-state index contributed by atoms with van der Waals surface area (Å²) in [6.45, 7) is 5.12. The quantitative estimate of drug-likeness (QED) is 0.815. The van der Waals surface area contributed by atoms with Crippen LogP contribution in [0, 0.1) is 11.7 Å². The first kappa shape index (κ1) is 18.7. The molecule has 1 fully saturated rings. The van der Waals surface area contributed by atoms with Crippen molar-refractivity contribution in [3.8, 4) is 0 Å². The summed E-state index contributed by atoms with van der Waals surface area (Å²) in [4.78, 5) is 14.6. The number of anilines is 1. The molecule has 0 saturated carbocycles. The van der Waals surface area contributed by atoms with Gasteiger partial charge in [-0.3, -0.25) is 9.10 Å². The molecule has 0 spiro atoms. The molecule has 5 nitrogen and oxygen atoms in total. The van der Waals surface area contributed by atoms with Gasteiger partial charge in [0, 0.05) is 13.1 Å². The van der Waals surface area contributed by atoms with E-state index in [4.69, 9.17) is 0 Å². The molecular formula is C17H25FN2O3S. The fourth-order valence-corrected chi connectivity index (χ4v) is 4.30. The smallest absolute Gasteiger partial charge is 0.246 e. The van der Waals surface area contributed by atoms with Crippen LogP contribution in [-0.2, 0) is 14.8 Å². The van der Waals surface area contributed by atoms with E-state index in [0.29, 0.717) is 19.0 Å². The number of rotatable bonds is 5. The third kappa shape index (κ3) is 4.06. The molecule has 2 rings (SSSR count). The van der Waals surface area contributed by atoms with Crippen LogP contribution >= 0.6 is 0 Å². The first-order valence-electron chi connectivity index (χ1n) is 8.28. The number of sulfonamides is 1. The maximum atomic E-state index is 14.2. The summed E-state index contributed by atoms with van der Waals surface area (Å²) in [5.74, 6) is -0.341. The molecule has 1 aromatic rings. The lowest BCUT2D eigenvalue weighted by molar-refractivity contribution is -0.133. The highest BCUT2D eigenvalue weighted by atomic mass is 32.2. The molecule has 1 aliphatic heterocycles. The van der Waals surface area contributed by atoms with Crippen molar-refractivity contribution in [2.75, 3.05) is 23.7 Å². The van der Waals surface area contributed by atoms with Gasteiger partial charge in [-0.1, -0.05) is 26.0 Å². The Morgan fingerprint density at radius 2 is 1.92 bits per heavy atom. The molecule has 134 valence electrons. The first-order valence-corrected chi connectivity index (χ1v) is 10.1. The number of hydrogen-bond donors (Lipinski definition) is 0. The molecule has 0 aromatic heterocycles. The van der Waals surface area contributed by atoms with E-state index in [9.17, 15) is 17.6 Å². The van der Waals surface area contributed by atoms with Crippen molar-refractivity contribution in [3.05, 3.63) is 30.1 Å². The van der Waals surface area contributed by atoms with Gasteiger partial charge in [0.25, 0.3) is 0 Å². The molecule has 0 unspecified atom stereocenters. The Hall–Kier alpha value is -1.63. The minimum absolute atomic E-state index is 0.0782. The molecule has 1 amide bonds. The lowest BCUT2D eigenvalue weighted by Gasteiger charge is -2.37. The lowest BCUT2D eigenvalue weighted by atomic mass is 9.98. The van der Waals surface area contributed by atoms with Crippen molar-refractivity contribution in [1.82, 2.24) is 4.90 Å². The second-order valence-corrected chi connectivity index (χ2v) is 8.30.